The molecule has 4 heterocycles. The second-order valence-corrected chi connectivity index (χ2v) is 7.95. The fourth-order valence-electron chi connectivity index (χ4n) is 3.84. The lowest BCUT2D eigenvalue weighted by molar-refractivity contribution is 0.0711. The minimum Gasteiger partial charge on any atom is -0.333 e. The summed E-state index contributed by atoms with van der Waals surface area (Å²) in [7, 11) is 0. The maximum Gasteiger partial charge on any atom is 0.264 e. The highest BCUT2D eigenvalue weighted by molar-refractivity contribution is 7.12. The van der Waals surface area contributed by atoms with Gasteiger partial charge in [-0.25, -0.2) is 4.98 Å². The van der Waals surface area contributed by atoms with Crippen molar-refractivity contribution < 1.29 is 4.79 Å². The monoisotopic (exact) mass is 344 g/mol. The zero-order valence-corrected chi connectivity index (χ0v) is 15.0. The fourth-order valence-corrected chi connectivity index (χ4v) is 4.71. The van der Waals surface area contributed by atoms with Gasteiger partial charge in [0.05, 0.1) is 11.4 Å². The summed E-state index contributed by atoms with van der Waals surface area (Å²) in [4.78, 5) is 22.8. The molecule has 1 amide bonds. The first-order valence-electron chi connectivity index (χ1n) is 8.76. The third-order valence-corrected chi connectivity index (χ3v) is 6.05. The number of nitrogens with zero attached hydrogens (tertiary/aromatic N) is 4. The van der Waals surface area contributed by atoms with Gasteiger partial charge in [0, 0.05) is 37.9 Å². The van der Waals surface area contributed by atoms with Crippen molar-refractivity contribution in [3.63, 3.8) is 0 Å². The fraction of sp³-hybridized carbons (Fsp3) is 0.556. The minimum absolute atomic E-state index is 0.149. The van der Waals surface area contributed by atoms with Crippen molar-refractivity contribution in [1.29, 1.82) is 0 Å². The van der Waals surface area contributed by atoms with Crippen LogP contribution in [0.5, 0.6) is 0 Å². The summed E-state index contributed by atoms with van der Waals surface area (Å²) in [6.07, 6.45) is 6.52. The number of fused-ring (bicyclic) bond motifs is 1. The molecule has 1 saturated heterocycles. The molecular weight excluding hydrogens is 320 g/mol. The molecule has 1 atom stereocenters. The van der Waals surface area contributed by atoms with Crippen LogP contribution in [0, 0.1) is 12.8 Å². The van der Waals surface area contributed by atoms with Gasteiger partial charge in [-0.15, -0.1) is 11.3 Å². The number of aromatic nitrogens is 2. The predicted octanol–water partition coefficient (Wildman–Crippen LogP) is 2.62. The van der Waals surface area contributed by atoms with Crippen molar-refractivity contribution in [2.75, 3.05) is 26.2 Å². The number of carbonyl (C=O) groups excluding carboxylic acids is 1. The van der Waals surface area contributed by atoms with E-state index in [1.54, 1.807) is 11.3 Å². The highest BCUT2D eigenvalue weighted by atomic mass is 32.1. The van der Waals surface area contributed by atoms with Crippen molar-refractivity contribution in [2.24, 2.45) is 5.92 Å². The summed E-state index contributed by atoms with van der Waals surface area (Å²) in [5.41, 5.74) is 1.16. The lowest BCUT2D eigenvalue weighted by Gasteiger charge is -2.27. The van der Waals surface area contributed by atoms with Crippen LogP contribution in [-0.2, 0) is 13.1 Å². The van der Waals surface area contributed by atoms with Crippen LogP contribution in [0.25, 0.3) is 0 Å². The van der Waals surface area contributed by atoms with E-state index in [0.717, 1.165) is 35.9 Å². The molecule has 6 heteroatoms. The largest absolute Gasteiger partial charge is 0.333 e. The summed E-state index contributed by atoms with van der Waals surface area (Å²) in [5.74, 6) is 1.61. The Balaban J connectivity index is 1.55. The number of amides is 1. The van der Waals surface area contributed by atoms with E-state index in [4.69, 9.17) is 0 Å². The van der Waals surface area contributed by atoms with Gasteiger partial charge in [0.2, 0.25) is 0 Å². The zero-order chi connectivity index (χ0) is 16.5. The average molecular weight is 344 g/mol. The second-order valence-electron chi connectivity index (χ2n) is 7.04. The molecule has 0 bridgehead atoms. The Kier molecular flexibility index (Phi) is 4.41. The summed E-state index contributed by atoms with van der Waals surface area (Å²) < 4.78 is 2.23. The van der Waals surface area contributed by atoms with Gasteiger partial charge in [0.1, 0.15) is 5.82 Å². The number of thiophene rings is 1. The first-order valence-corrected chi connectivity index (χ1v) is 9.64. The Morgan fingerprint density at radius 2 is 2.17 bits per heavy atom. The Bertz CT molecular complexity index is 716. The maximum absolute atomic E-state index is 13.0. The van der Waals surface area contributed by atoms with Crippen LogP contribution < -0.4 is 0 Å². The number of imidazole rings is 1. The molecule has 0 saturated carbocycles. The van der Waals surface area contributed by atoms with Crippen LogP contribution in [0.15, 0.2) is 23.8 Å². The van der Waals surface area contributed by atoms with E-state index in [1.165, 1.54) is 25.9 Å². The van der Waals surface area contributed by atoms with Gasteiger partial charge in [-0.2, -0.15) is 0 Å². The topological polar surface area (TPSA) is 41.4 Å². The predicted molar refractivity (Wildman–Crippen MR) is 95.2 cm³/mol. The summed E-state index contributed by atoms with van der Waals surface area (Å²) in [6.45, 7) is 7.90. The lowest BCUT2D eigenvalue weighted by atomic mass is 10.1. The first-order chi connectivity index (χ1) is 11.7. The molecule has 0 radical (unpaired) electrons. The molecule has 1 unspecified atom stereocenters. The van der Waals surface area contributed by atoms with Gasteiger partial charge in [-0.1, -0.05) is 0 Å². The van der Waals surface area contributed by atoms with E-state index in [1.807, 2.05) is 29.5 Å². The van der Waals surface area contributed by atoms with E-state index in [9.17, 15) is 4.79 Å². The van der Waals surface area contributed by atoms with Crippen LogP contribution in [-0.4, -0.2) is 51.4 Å². The molecule has 2 aliphatic heterocycles. The van der Waals surface area contributed by atoms with Crippen molar-refractivity contribution in [3.8, 4) is 0 Å². The average Bonchev–Trinajstić information content (AvgIpc) is 3.28. The molecule has 4 rings (SSSR count). The molecule has 2 aromatic heterocycles. The smallest absolute Gasteiger partial charge is 0.264 e. The van der Waals surface area contributed by atoms with Gasteiger partial charge >= 0.3 is 0 Å². The van der Waals surface area contributed by atoms with Crippen molar-refractivity contribution >= 4 is 17.2 Å². The quantitative estimate of drug-likeness (QED) is 0.859. The highest BCUT2D eigenvalue weighted by Crippen LogP contribution is 2.22. The van der Waals surface area contributed by atoms with Crippen LogP contribution >= 0.6 is 11.3 Å². The van der Waals surface area contributed by atoms with Gasteiger partial charge in [0.15, 0.2) is 0 Å². The van der Waals surface area contributed by atoms with Gasteiger partial charge in [-0.05, 0) is 49.9 Å². The standard InChI is InChI=1S/C18H24N4OS/c1-14-8-16(24-13-14)18(23)22-11-15(9-20-5-2-3-6-20)10-21-7-4-19-17(21)12-22/h4,7-8,13,15H,2-3,5-6,9-12H2,1H3. The molecule has 128 valence electrons. The molecule has 0 N–H and O–H groups in total. The van der Waals surface area contributed by atoms with E-state index >= 15 is 0 Å². The van der Waals surface area contributed by atoms with Crippen molar-refractivity contribution in [3.05, 3.63) is 40.1 Å². The van der Waals surface area contributed by atoms with Gasteiger partial charge < -0.3 is 14.4 Å². The van der Waals surface area contributed by atoms with E-state index < -0.39 is 0 Å². The normalized spacial score (nSPS) is 21.7. The molecule has 1 fully saturated rings. The third-order valence-electron chi connectivity index (χ3n) is 5.01. The maximum atomic E-state index is 13.0. The Labute approximate surface area is 146 Å². The number of hydrogen-bond acceptors (Lipinski definition) is 4. The minimum atomic E-state index is 0.149. The summed E-state index contributed by atoms with van der Waals surface area (Å²) in [6, 6.07) is 2.00. The van der Waals surface area contributed by atoms with Crippen molar-refractivity contribution in [2.45, 2.75) is 32.9 Å². The zero-order valence-electron chi connectivity index (χ0n) is 14.1. The first kappa shape index (κ1) is 15.8. The Hall–Kier alpha value is -1.66. The summed E-state index contributed by atoms with van der Waals surface area (Å²) in [5, 5.41) is 2.05. The highest BCUT2D eigenvalue weighted by Gasteiger charge is 2.28. The number of likely N-dealkylation sites (tertiary alicyclic amines) is 1. The van der Waals surface area contributed by atoms with E-state index in [-0.39, 0.29) is 5.91 Å². The lowest BCUT2D eigenvalue weighted by Crippen LogP contribution is -2.38. The van der Waals surface area contributed by atoms with Crippen LogP contribution in [0.1, 0.15) is 33.9 Å². The number of rotatable bonds is 3. The Morgan fingerprint density at radius 1 is 1.33 bits per heavy atom. The number of aryl methyl sites for hydroxylation is 1. The van der Waals surface area contributed by atoms with Crippen LogP contribution in [0.3, 0.4) is 0 Å². The van der Waals surface area contributed by atoms with Gasteiger partial charge in [0.25, 0.3) is 5.91 Å². The summed E-state index contributed by atoms with van der Waals surface area (Å²) >= 11 is 1.55. The number of carbonyl (C=O) groups is 1. The molecule has 0 aliphatic carbocycles. The molecule has 5 nitrogen and oxygen atoms in total. The molecule has 0 spiro atoms. The van der Waals surface area contributed by atoms with E-state index in [0.29, 0.717) is 12.5 Å². The third kappa shape index (κ3) is 3.26. The molecule has 24 heavy (non-hydrogen) atoms. The SMILES string of the molecule is Cc1csc(C(=O)N2Cc3nccn3CC(CN3CCCC3)C2)c1. The van der Waals surface area contributed by atoms with E-state index in [2.05, 4.69) is 20.6 Å². The molecular formula is C18H24N4OS. The molecule has 2 aliphatic rings. The number of hydrogen-bond donors (Lipinski definition) is 0. The van der Waals surface area contributed by atoms with Crippen LogP contribution in [0.2, 0.25) is 0 Å². The Morgan fingerprint density at radius 3 is 2.92 bits per heavy atom. The molecule has 2 aromatic rings. The van der Waals surface area contributed by atoms with Crippen molar-refractivity contribution in [1.82, 2.24) is 19.4 Å². The van der Waals surface area contributed by atoms with Crippen LogP contribution in [0.4, 0.5) is 0 Å². The van der Waals surface area contributed by atoms with Gasteiger partial charge in [-0.3, -0.25) is 4.79 Å². The second kappa shape index (κ2) is 6.69. The molecule has 0 aromatic carbocycles.